The van der Waals surface area contributed by atoms with Gasteiger partial charge in [0.25, 0.3) is 0 Å². The van der Waals surface area contributed by atoms with Crippen LogP contribution in [0, 0.1) is 0 Å². The Balaban J connectivity index is 4.05. The smallest absolute Gasteiger partial charge is 0.391 e. The highest BCUT2D eigenvalue weighted by Crippen LogP contribution is 2.43. The standard InChI is InChI=1S/C56H105N2O6P/c1-6-8-10-12-14-16-18-20-21-22-23-24-25-26-27-28-29-30-31-32-33-34-35-36-37-38-40-42-44-46-48-50-56(60)57-54(53-64-65(61,62)63-52-51-58(3,4)5)55(59)49-47-45-43-41-39-19-17-15-13-11-9-7-2/h8,10,14,16,20-21,23-24,26-27,54-55,59H,6-7,9,11-13,15,17-19,22,25,28-53H2,1-5H3,(H-,57,60,61,62)/p+1/b10-8-,16-14-,21-20-,24-23-,27-26-. The van der Waals surface area contributed by atoms with E-state index in [1.54, 1.807) is 0 Å². The van der Waals surface area contributed by atoms with E-state index >= 15 is 0 Å². The maximum Gasteiger partial charge on any atom is 0.472 e. The van der Waals surface area contributed by atoms with Crippen molar-refractivity contribution in [1.29, 1.82) is 0 Å². The summed E-state index contributed by atoms with van der Waals surface area (Å²) in [5.41, 5.74) is 0. The largest absolute Gasteiger partial charge is 0.472 e. The Morgan fingerprint density at radius 3 is 1.35 bits per heavy atom. The molecule has 0 fully saturated rings. The molecular formula is C56H106N2O6P+. The number of aliphatic hydroxyl groups excluding tert-OH is 1. The zero-order valence-corrected chi connectivity index (χ0v) is 44.1. The molecule has 0 aromatic rings. The first kappa shape index (κ1) is 63.2. The lowest BCUT2D eigenvalue weighted by Gasteiger charge is -2.26. The van der Waals surface area contributed by atoms with E-state index in [4.69, 9.17) is 9.05 Å². The van der Waals surface area contributed by atoms with Crippen LogP contribution < -0.4 is 5.32 Å². The second-order valence-corrected chi connectivity index (χ2v) is 21.0. The molecule has 0 saturated heterocycles. The van der Waals surface area contributed by atoms with Gasteiger partial charge in [0, 0.05) is 6.42 Å². The number of aliphatic hydroxyl groups is 1. The third-order valence-corrected chi connectivity index (χ3v) is 13.0. The van der Waals surface area contributed by atoms with Gasteiger partial charge >= 0.3 is 7.82 Å². The molecule has 0 bridgehead atoms. The molecule has 0 aromatic carbocycles. The van der Waals surface area contributed by atoms with Gasteiger partial charge in [-0.2, -0.15) is 0 Å². The van der Waals surface area contributed by atoms with E-state index in [0.29, 0.717) is 23.9 Å². The summed E-state index contributed by atoms with van der Waals surface area (Å²) >= 11 is 0. The number of phosphoric acid groups is 1. The third-order valence-electron chi connectivity index (χ3n) is 12.0. The minimum atomic E-state index is -4.32. The van der Waals surface area contributed by atoms with Crippen LogP contribution in [0.15, 0.2) is 60.8 Å². The van der Waals surface area contributed by atoms with E-state index in [0.717, 1.165) is 70.6 Å². The lowest BCUT2D eigenvalue weighted by molar-refractivity contribution is -0.870. The van der Waals surface area contributed by atoms with Gasteiger partial charge in [-0.05, 0) is 57.8 Å². The predicted octanol–water partition coefficient (Wildman–Crippen LogP) is 16.1. The van der Waals surface area contributed by atoms with Crippen LogP contribution >= 0.6 is 7.82 Å². The molecule has 0 heterocycles. The minimum Gasteiger partial charge on any atom is -0.391 e. The Morgan fingerprint density at radius 1 is 0.538 bits per heavy atom. The molecule has 380 valence electrons. The summed E-state index contributed by atoms with van der Waals surface area (Å²) in [7, 11) is 1.62. The second kappa shape index (κ2) is 47.3. The molecule has 0 rings (SSSR count). The number of nitrogens with zero attached hydrogens (tertiary/aromatic N) is 1. The SMILES string of the molecule is CC/C=C\C/C=C\C/C=C\C/C=C\C/C=C\CCCCCCCCCCCCCCCCCC(=O)NC(COP(=O)(O)OCC[N+](C)(C)C)C(O)CCCCCCCCCCCCCC. The van der Waals surface area contributed by atoms with Crippen LogP contribution in [0.25, 0.3) is 0 Å². The van der Waals surface area contributed by atoms with Gasteiger partial charge in [0.05, 0.1) is 39.9 Å². The van der Waals surface area contributed by atoms with Gasteiger partial charge in [-0.25, -0.2) is 4.57 Å². The van der Waals surface area contributed by atoms with E-state index in [-0.39, 0.29) is 19.1 Å². The summed E-state index contributed by atoms with van der Waals surface area (Å²) in [4.78, 5) is 23.2. The Morgan fingerprint density at radius 2 is 0.923 bits per heavy atom. The van der Waals surface area contributed by atoms with Crippen LogP contribution in [-0.4, -0.2) is 73.4 Å². The van der Waals surface area contributed by atoms with Crippen LogP contribution in [0.1, 0.15) is 239 Å². The molecule has 0 saturated carbocycles. The van der Waals surface area contributed by atoms with Crippen molar-refractivity contribution in [3.63, 3.8) is 0 Å². The maximum atomic E-state index is 13.0. The fourth-order valence-electron chi connectivity index (χ4n) is 7.78. The molecule has 0 aromatic heterocycles. The van der Waals surface area contributed by atoms with Crippen molar-refractivity contribution in [3.8, 4) is 0 Å². The van der Waals surface area contributed by atoms with Crippen LogP contribution in [0.4, 0.5) is 0 Å². The lowest BCUT2D eigenvalue weighted by atomic mass is 10.0. The van der Waals surface area contributed by atoms with Crippen molar-refractivity contribution in [2.45, 2.75) is 251 Å². The van der Waals surface area contributed by atoms with Crippen molar-refractivity contribution >= 4 is 13.7 Å². The second-order valence-electron chi connectivity index (χ2n) is 19.6. The number of carbonyl (C=O) groups is 1. The van der Waals surface area contributed by atoms with E-state index in [1.165, 1.54) is 141 Å². The number of amides is 1. The number of carbonyl (C=O) groups excluding carboxylic acids is 1. The van der Waals surface area contributed by atoms with Crippen molar-refractivity contribution in [3.05, 3.63) is 60.8 Å². The topological polar surface area (TPSA) is 105 Å². The fourth-order valence-corrected chi connectivity index (χ4v) is 8.52. The average molecular weight is 934 g/mol. The van der Waals surface area contributed by atoms with Gasteiger partial charge in [0.1, 0.15) is 13.2 Å². The highest BCUT2D eigenvalue weighted by Gasteiger charge is 2.28. The molecule has 0 aliphatic heterocycles. The molecule has 3 unspecified atom stereocenters. The molecule has 3 N–H and O–H groups in total. The van der Waals surface area contributed by atoms with Crippen molar-refractivity contribution in [2.75, 3.05) is 40.9 Å². The predicted molar refractivity (Wildman–Crippen MR) is 281 cm³/mol. The highest BCUT2D eigenvalue weighted by molar-refractivity contribution is 7.47. The molecule has 9 heteroatoms. The van der Waals surface area contributed by atoms with Crippen molar-refractivity contribution in [2.24, 2.45) is 0 Å². The summed E-state index contributed by atoms with van der Waals surface area (Å²) in [6.07, 6.45) is 62.7. The quantitative estimate of drug-likeness (QED) is 0.0243. The first-order valence-corrected chi connectivity index (χ1v) is 28.6. The Bertz CT molecular complexity index is 1240. The Kier molecular flexibility index (Phi) is 46.0. The van der Waals surface area contributed by atoms with Crippen LogP contribution in [-0.2, 0) is 18.4 Å². The van der Waals surface area contributed by atoms with Gasteiger partial charge in [-0.3, -0.25) is 13.8 Å². The number of hydrogen-bond donors (Lipinski definition) is 3. The number of phosphoric ester groups is 1. The lowest BCUT2D eigenvalue weighted by Crippen LogP contribution is -2.46. The summed E-state index contributed by atoms with van der Waals surface area (Å²) in [5.74, 6) is -0.146. The first-order valence-electron chi connectivity index (χ1n) is 27.2. The van der Waals surface area contributed by atoms with Gasteiger partial charge in [-0.1, -0.05) is 235 Å². The van der Waals surface area contributed by atoms with E-state index in [2.05, 4.69) is 79.9 Å². The molecular weight excluding hydrogens is 828 g/mol. The Labute approximate surface area is 402 Å². The summed E-state index contributed by atoms with van der Waals surface area (Å²) in [6, 6.07) is -0.761. The molecule has 8 nitrogen and oxygen atoms in total. The maximum absolute atomic E-state index is 13.0. The van der Waals surface area contributed by atoms with Gasteiger partial charge < -0.3 is 19.8 Å². The molecule has 0 spiro atoms. The number of rotatable bonds is 49. The average Bonchev–Trinajstić information content (AvgIpc) is 3.26. The number of quaternary nitrogens is 1. The van der Waals surface area contributed by atoms with Crippen molar-refractivity contribution in [1.82, 2.24) is 5.32 Å². The van der Waals surface area contributed by atoms with Gasteiger partial charge in [0.15, 0.2) is 0 Å². The zero-order valence-electron chi connectivity index (χ0n) is 43.2. The van der Waals surface area contributed by atoms with Gasteiger partial charge in [0.2, 0.25) is 5.91 Å². The molecule has 3 atom stereocenters. The molecule has 65 heavy (non-hydrogen) atoms. The number of hydrogen-bond acceptors (Lipinski definition) is 5. The number of nitrogens with one attached hydrogen (secondary N) is 1. The summed E-state index contributed by atoms with van der Waals surface area (Å²) < 4.78 is 23.7. The van der Waals surface area contributed by atoms with Crippen molar-refractivity contribution < 1.29 is 32.9 Å². The summed E-state index contributed by atoms with van der Waals surface area (Å²) in [6.45, 7) is 4.77. The van der Waals surface area contributed by atoms with E-state index in [1.807, 2.05) is 21.1 Å². The summed E-state index contributed by atoms with van der Waals surface area (Å²) in [5, 5.41) is 14.0. The molecule has 0 aliphatic rings. The minimum absolute atomic E-state index is 0.0738. The normalized spacial score (nSPS) is 14.5. The van der Waals surface area contributed by atoms with Crippen LogP contribution in [0.2, 0.25) is 0 Å². The number of allylic oxidation sites excluding steroid dienone is 10. The molecule has 0 radical (unpaired) electrons. The number of likely N-dealkylation sites (N-methyl/N-ethyl adjacent to an activating group) is 1. The highest BCUT2D eigenvalue weighted by atomic mass is 31.2. The Hall–Kier alpha value is -1.80. The van der Waals surface area contributed by atoms with Gasteiger partial charge in [-0.15, -0.1) is 0 Å². The van der Waals surface area contributed by atoms with Crippen LogP contribution in [0.3, 0.4) is 0 Å². The monoisotopic (exact) mass is 934 g/mol. The number of unbranched alkanes of at least 4 members (excludes halogenated alkanes) is 26. The van der Waals surface area contributed by atoms with E-state index in [9.17, 15) is 19.4 Å². The fraction of sp³-hybridized carbons (Fsp3) is 0.804. The zero-order chi connectivity index (χ0) is 47.8. The third kappa shape index (κ3) is 49.9. The first-order chi connectivity index (χ1) is 31.5. The van der Waals surface area contributed by atoms with E-state index < -0.39 is 20.0 Å². The van der Waals surface area contributed by atoms with Crippen LogP contribution in [0.5, 0.6) is 0 Å². The molecule has 0 aliphatic carbocycles. The molecule has 1 amide bonds.